The monoisotopic (exact) mass is 282 g/mol. The topological polar surface area (TPSA) is 20.2 Å². The molecule has 0 unspecified atom stereocenters. The summed E-state index contributed by atoms with van der Waals surface area (Å²) in [6.45, 7) is 0. The molecule has 0 radical (unpaired) electrons. The maximum absolute atomic E-state index is 11.5. The van der Waals surface area contributed by atoms with E-state index in [1.165, 1.54) is 56.9 Å². The number of aryl methyl sites for hydroxylation is 2. The highest BCUT2D eigenvalue weighted by Crippen LogP contribution is 2.59. The quantitative estimate of drug-likeness (QED) is 0.872. The molecule has 1 aromatic carbocycles. The van der Waals surface area contributed by atoms with Gasteiger partial charge in [-0.05, 0) is 91.7 Å². The number of rotatable bonds is 2. The second kappa shape index (κ2) is 4.35. The number of fused-ring (bicyclic) bond motifs is 1. The molecule has 1 N–H and O–H groups in total. The van der Waals surface area contributed by atoms with Crippen LogP contribution >= 0.6 is 0 Å². The van der Waals surface area contributed by atoms with Crippen molar-refractivity contribution in [2.75, 3.05) is 0 Å². The van der Waals surface area contributed by atoms with Gasteiger partial charge in [0.1, 0.15) is 0 Å². The van der Waals surface area contributed by atoms with E-state index in [1.54, 1.807) is 11.1 Å². The third-order valence-corrected chi connectivity index (χ3v) is 7.20. The van der Waals surface area contributed by atoms with E-state index in [0.29, 0.717) is 11.8 Å². The van der Waals surface area contributed by atoms with E-state index in [4.69, 9.17) is 0 Å². The molecule has 0 amide bonds. The standard InChI is InChI=1S/C20H26O/c21-20(12-13-4-5-16-2-1-3-17(16)7-13)18-8-14-6-15(10-18)11-19(20)9-14/h4-5,7,14-15,18-19,21H,1-3,6,8-12H2. The number of hydrogen-bond acceptors (Lipinski definition) is 1. The maximum Gasteiger partial charge on any atom is 0.0744 e. The highest BCUT2D eigenvalue weighted by Gasteiger charge is 2.56. The first-order chi connectivity index (χ1) is 10.2. The van der Waals surface area contributed by atoms with Gasteiger partial charge in [0.05, 0.1) is 5.60 Å². The Balaban J connectivity index is 1.44. The minimum absolute atomic E-state index is 0.389. The highest BCUT2D eigenvalue weighted by molar-refractivity contribution is 5.36. The average Bonchev–Trinajstić information content (AvgIpc) is 2.92. The fourth-order valence-corrected chi connectivity index (χ4v) is 6.35. The third-order valence-electron chi connectivity index (χ3n) is 7.20. The van der Waals surface area contributed by atoms with Gasteiger partial charge in [0.2, 0.25) is 0 Å². The average molecular weight is 282 g/mol. The van der Waals surface area contributed by atoms with Crippen molar-refractivity contribution in [1.82, 2.24) is 0 Å². The van der Waals surface area contributed by atoms with Crippen LogP contribution < -0.4 is 0 Å². The molecule has 112 valence electrons. The lowest BCUT2D eigenvalue weighted by Crippen LogP contribution is -2.58. The molecule has 0 aliphatic heterocycles. The van der Waals surface area contributed by atoms with E-state index < -0.39 is 0 Å². The minimum Gasteiger partial charge on any atom is -0.389 e. The zero-order valence-corrected chi connectivity index (χ0v) is 12.9. The van der Waals surface area contributed by atoms with Crippen molar-refractivity contribution in [2.24, 2.45) is 23.7 Å². The third kappa shape index (κ3) is 1.86. The van der Waals surface area contributed by atoms with E-state index in [9.17, 15) is 5.11 Å². The van der Waals surface area contributed by atoms with Crippen LogP contribution in [0.25, 0.3) is 0 Å². The molecule has 0 atom stereocenters. The summed E-state index contributed by atoms with van der Waals surface area (Å²) in [6.07, 6.45) is 11.4. The zero-order valence-electron chi connectivity index (χ0n) is 12.9. The molecule has 4 fully saturated rings. The van der Waals surface area contributed by atoms with Crippen molar-refractivity contribution in [1.29, 1.82) is 0 Å². The summed E-state index contributed by atoms with van der Waals surface area (Å²) >= 11 is 0. The highest BCUT2D eigenvalue weighted by atomic mass is 16.3. The molecule has 4 saturated carbocycles. The van der Waals surface area contributed by atoms with Gasteiger partial charge in [-0.2, -0.15) is 0 Å². The van der Waals surface area contributed by atoms with Crippen LogP contribution in [0.2, 0.25) is 0 Å². The molecule has 1 heteroatoms. The smallest absolute Gasteiger partial charge is 0.0744 e. The van der Waals surface area contributed by atoms with Crippen molar-refractivity contribution >= 4 is 0 Å². The van der Waals surface area contributed by atoms with Gasteiger partial charge in [0, 0.05) is 6.42 Å². The van der Waals surface area contributed by atoms with Crippen molar-refractivity contribution in [2.45, 2.75) is 63.4 Å². The van der Waals surface area contributed by atoms with Crippen LogP contribution in [0, 0.1) is 23.7 Å². The van der Waals surface area contributed by atoms with Crippen LogP contribution in [-0.2, 0) is 19.3 Å². The van der Waals surface area contributed by atoms with E-state index >= 15 is 0 Å². The summed E-state index contributed by atoms with van der Waals surface area (Å²) in [6, 6.07) is 7.04. The molecular weight excluding hydrogens is 256 g/mol. The summed E-state index contributed by atoms with van der Waals surface area (Å²) in [5.74, 6) is 3.05. The largest absolute Gasteiger partial charge is 0.389 e. The second-order valence-corrected chi connectivity index (χ2v) is 8.43. The van der Waals surface area contributed by atoms with Gasteiger partial charge >= 0.3 is 0 Å². The van der Waals surface area contributed by atoms with Gasteiger partial charge in [-0.1, -0.05) is 18.2 Å². The first kappa shape index (κ1) is 12.7. The van der Waals surface area contributed by atoms with Gasteiger partial charge in [-0.25, -0.2) is 0 Å². The Morgan fingerprint density at radius 3 is 2.29 bits per heavy atom. The molecule has 6 rings (SSSR count). The van der Waals surface area contributed by atoms with Crippen molar-refractivity contribution in [3.8, 4) is 0 Å². The molecule has 5 aliphatic carbocycles. The molecule has 0 heterocycles. The molecule has 21 heavy (non-hydrogen) atoms. The summed E-state index contributed by atoms with van der Waals surface area (Å²) in [4.78, 5) is 0. The Morgan fingerprint density at radius 2 is 1.57 bits per heavy atom. The van der Waals surface area contributed by atoms with Gasteiger partial charge in [0.15, 0.2) is 0 Å². The summed E-state index contributed by atoms with van der Waals surface area (Å²) in [5, 5.41) is 11.5. The van der Waals surface area contributed by atoms with Crippen molar-refractivity contribution < 1.29 is 5.11 Å². The molecule has 0 saturated heterocycles. The van der Waals surface area contributed by atoms with Crippen LogP contribution in [0.1, 0.15) is 55.2 Å². The van der Waals surface area contributed by atoms with E-state index in [0.717, 1.165) is 18.3 Å². The molecule has 0 spiro atoms. The van der Waals surface area contributed by atoms with Gasteiger partial charge < -0.3 is 5.11 Å². The van der Waals surface area contributed by atoms with E-state index in [2.05, 4.69) is 18.2 Å². The normalized spacial score (nSPS) is 43.3. The van der Waals surface area contributed by atoms with Gasteiger partial charge in [0.25, 0.3) is 0 Å². The van der Waals surface area contributed by atoms with Crippen LogP contribution in [0.5, 0.6) is 0 Å². The Kier molecular flexibility index (Phi) is 2.63. The van der Waals surface area contributed by atoms with E-state index in [-0.39, 0.29) is 5.60 Å². The molecular formula is C20H26O. The molecule has 1 nitrogen and oxygen atoms in total. The Labute approximate surface area is 127 Å². The van der Waals surface area contributed by atoms with Crippen LogP contribution in [0.4, 0.5) is 0 Å². The molecule has 5 aliphatic rings. The molecule has 1 aromatic rings. The summed E-state index contributed by atoms with van der Waals surface area (Å²) in [5.41, 5.74) is 4.11. The lowest BCUT2D eigenvalue weighted by molar-refractivity contribution is -0.171. The predicted octanol–water partition coefficient (Wildman–Crippen LogP) is 3.91. The van der Waals surface area contributed by atoms with Crippen LogP contribution in [0.3, 0.4) is 0 Å². The lowest BCUT2D eigenvalue weighted by atomic mass is 9.49. The van der Waals surface area contributed by atoms with Crippen LogP contribution in [-0.4, -0.2) is 10.7 Å². The van der Waals surface area contributed by atoms with Crippen molar-refractivity contribution in [3.05, 3.63) is 34.9 Å². The fraction of sp³-hybridized carbons (Fsp3) is 0.700. The fourth-order valence-electron chi connectivity index (χ4n) is 6.35. The lowest BCUT2D eigenvalue weighted by Gasteiger charge is -2.59. The van der Waals surface area contributed by atoms with Crippen molar-refractivity contribution in [3.63, 3.8) is 0 Å². The molecule has 0 aromatic heterocycles. The zero-order chi connectivity index (χ0) is 14.0. The number of hydrogen-bond donors (Lipinski definition) is 1. The predicted molar refractivity (Wildman–Crippen MR) is 84.2 cm³/mol. The summed E-state index contributed by atoms with van der Waals surface area (Å²) in [7, 11) is 0. The molecule has 4 bridgehead atoms. The summed E-state index contributed by atoms with van der Waals surface area (Å²) < 4.78 is 0. The van der Waals surface area contributed by atoms with Gasteiger partial charge in [-0.3, -0.25) is 0 Å². The Hall–Kier alpha value is -0.820. The first-order valence-electron chi connectivity index (χ1n) is 9.04. The maximum atomic E-state index is 11.5. The van der Waals surface area contributed by atoms with Gasteiger partial charge in [-0.15, -0.1) is 0 Å². The van der Waals surface area contributed by atoms with E-state index in [1.807, 2.05) is 0 Å². The number of aliphatic hydroxyl groups is 1. The minimum atomic E-state index is -0.389. The first-order valence-corrected chi connectivity index (χ1v) is 9.04. The Bertz CT molecular complexity index is 545. The SMILES string of the molecule is OC1(Cc2ccc3c(c2)CCC3)C2CC3CC(C2)CC1C3. The number of benzene rings is 1. The second-order valence-electron chi connectivity index (χ2n) is 8.43. The Morgan fingerprint density at radius 1 is 0.905 bits per heavy atom. The van der Waals surface area contributed by atoms with Crippen LogP contribution in [0.15, 0.2) is 18.2 Å².